The van der Waals surface area contributed by atoms with E-state index in [0.29, 0.717) is 13.2 Å². The molecule has 0 atom stereocenters. The lowest BCUT2D eigenvalue weighted by atomic mass is 10.2. The van der Waals surface area contributed by atoms with Gasteiger partial charge in [-0.1, -0.05) is 41.9 Å². The van der Waals surface area contributed by atoms with E-state index in [-0.39, 0.29) is 28.4 Å². The molecule has 0 unspecified atom stereocenters. The number of nitrogens with one attached hydrogen (secondary N) is 1. The molecule has 9 nitrogen and oxygen atoms in total. The average Bonchev–Trinajstić information content (AvgIpc) is 3.24. The highest BCUT2D eigenvalue weighted by molar-refractivity contribution is 6.33. The van der Waals surface area contributed by atoms with Crippen molar-refractivity contribution in [3.63, 3.8) is 0 Å². The van der Waals surface area contributed by atoms with Crippen LogP contribution in [0.25, 0.3) is 11.2 Å². The zero-order chi connectivity index (χ0) is 24.2. The van der Waals surface area contributed by atoms with Crippen LogP contribution in [0.3, 0.4) is 0 Å². The predicted molar refractivity (Wildman–Crippen MR) is 126 cm³/mol. The summed E-state index contributed by atoms with van der Waals surface area (Å²) in [6.07, 6.45) is 1.47. The highest BCUT2D eigenvalue weighted by atomic mass is 35.5. The number of hydrogen-bond acceptors (Lipinski definition) is 5. The summed E-state index contributed by atoms with van der Waals surface area (Å²) in [6, 6.07) is 12.7. The Morgan fingerprint density at radius 2 is 1.91 bits per heavy atom. The number of imidazole rings is 1. The number of halogens is 2. The van der Waals surface area contributed by atoms with Gasteiger partial charge in [0.15, 0.2) is 11.2 Å². The van der Waals surface area contributed by atoms with Gasteiger partial charge in [-0.05, 0) is 23.8 Å². The SMILES string of the molecule is COCCn1cnc2c1c(=O)n(CC(=O)Nc1ccc(F)cc1Cl)c(=O)n2Cc1ccccc1. The van der Waals surface area contributed by atoms with E-state index in [0.717, 1.165) is 22.3 Å². The van der Waals surface area contributed by atoms with Crippen LogP contribution in [-0.4, -0.2) is 38.3 Å². The van der Waals surface area contributed by atoms with Crippen molar-refractivity contribution < 1.29 is 13.9 Å². The summed E-state index contributed by atoms with van der Waals surface area (Å²) in [4.78, 5) is 43.6. The van der Waals surface area contributed by atoms with Crippen LogP contribution in [0.2, 0.25) is 5.02 Å². The van der Waals surface area contributed by atoms with Crippen molar-refractivity contribution in [1.82, 2.24) is 18.7 Å². The second-order valence-corrected chi connectivity index (χ2v) is 7.93. The first-order valence-electron chi connectivity index (χ1n) is 10.3. The van der Waals surface area contributed by atoms with E-state index in [1.807, 2.05) is 30.3 Å². The van der Waals surface area contributed by atoms with Gasteiger partial charge in [0.1, 0.15) is 12.4 Å². The molecule has 0 aliphatic carbocycles. The molecule has 0 saturated carbocycles. The number of hydrogen-bond donors (Lipinski definition) is 1. The number of methoxy groups -OCH3 is 1. The minimum atomic E-state index is -0.682. The molecule has 0 spiro atoms. The van der Waals surface area contributed by atoms with Crippen molar-refractivity contribution in [2.45, 2.75) is 19.6 Å². The summed E-state index contributed by atoms with van der Waals surface area (Å²) in [5.41, 5.74) is 0.0485. The summed E-state index contributed by atoms with van der Waals surface area (Å²) in [7, 11) is 1.54. The lowest BCUT2D eigenvalue weighted by Gasteiger charge is -2.13. The highest BCUT2D eigenvalue weighted by Gasteiger charge is 2.20. The second kappa shape index (κ2) is 10.0. The zero-order valence-corrected chi connectivity index (χ0v) is 19.0. The van der Waals surface area contributed by atoms with Gasteiger partial charge in [-0.3, -0.25) is 14.2 Å². The van der Waals surface area contributed by atoms with Crippen LogP contribution in [0.1, 0.15) is 5.56 Å². The van der Waals surface area contributed by atoms with E-state index in [2.05, 4.69) is 10.3 Å². The molecule has 2 heterocycles. The van der Waals surface area contributed by atoms with E-state index in [1.165, 1.54) is 24.1 Å². The van der Waals surface area contributed by atoms with Crippen LogP contribution in [0.15, 0.2) is 64.4 Å². The summed E-state index contributed by atoms with van der Waals surface area (Å²) >= 11 is 5.97. The molecule has 0 fully saturated rings. The summed E-state index contributed by atoms with van der Waals surface area (Å²) in [6.45, 7) is 0.254. The fourth-order valence-corrected chi connectivity index (χ4v) is 3.78. The van der Waals surface area contributed by atoms with Gasteiger partial charge in [-0.15, -0.1) is 0 Å². The summed E-state index contributed by atoms with van der Waals surface area (Å²) in [5.74, 6) is -1.22. The highest BCUT2D eigenvalue weighted by Crippen LogP contribution is 2.22. The van der Waals surface area contributed by atoms with Crippen molar-refractivity contribution in [2.75, 3.05) is 19.0 Å². The summed E-state index contributed by atoms with van der Waals surface area (Å²) in [5, 5.41) is 2.51. The molecule has 4 aromatic rings. The van der Waals surface area contributed by atoms with Gasteiger partial charge in [0.05, 0.1) is 30.2 Å². The van der Waals surface area contributed by atoms with Crippen LogP contribution in [-0.2, 0) is 29.2 Å². The number of anilines is 1. The van der Waals surface area contributed by atoms with E-state index >= 15 is 0 Å². The van der Waals surface area contributed by atoms with Crippen molar-refractivity contribution in [3.05, 3.63) is 92.1 Å². The second-order valence-electron chi connectivity index (χ2n) is 7.52. The molecule has 0 aliphatic heterocycles. The molecule has 0 radical (unpaired) electrons. The number of nitrogens with zero attached hydrogens (tertiary/aromatic N) is 4. The molecule has 1 N–H and O–H groups in total. The fraction of sp³-hybridized carbons (Fsp3) is 0.217. The Kier molecular flexibility index (Phi) is 6.90. The molecular formula is C23H21ClFN5O4. The minimum Gasteiger partial charge on any atom is -0.383 e. The number of ether oxygens (including phenoxy) is 1. The molecule has 4 rings (SSSR count). The zero-order valence-electron chi connectivity index (χ0n) is 18.2. The molecule has 2 aromatic heterocycles. The average molecular weight is 486 g/mol. The number of benzene rings is 2. The standard InChI is InChI=1S/C23H21ClFN5O4/c1-34-10-9-28-14-26-21-20(28)22(32)30(23(33)29(21)12-15-5-3-2-4-6-15)13-19(31)27-18-8-7-16(25)11-17(18)24/h2-8,11,14H,9-10,12-13H2,1H3,(H,27,31). The Bertz CT molecular complexity index is 1460. The quantitative estimate of drug-likeness (QED) is 0.413. The van der Waals surface area contributed by atoms with Gasteiger partial charge >= 0.3 is 5.69 Å². The molecule has 176 valence electrons. The van der Waals surface area contributed by atoms with Crippen LogP contribution < -0.4 is 16.6 Å². The third-order valence-corrected chi connectivity index (χ3v) is 5.52. The summed E-state index contributed by atoms with van der Waals surface area (Å²) < 4.78 is 22.2. The molecule has 0 bridgehead atoms. The molecule has 1 amide bonds. The van der Waals surface area contributed by atoms with E-state index < -0.39 is 29.5 Å². The third-order valence-electron chi connectivity index (χ3n) is 5.21. The van der Waals surface area contributed by atoms with Gasteiger partial charge in [0, 0.05) is 13.7 Å². The number of fused-ring (bicyclic) bond motifs is 1. The minimum absolute atomic E-state index is 0.00437. The van der Waals surface area contributed by atoms with Crippen molar-refractivity contribution >= 4 is 34.4 Å². The van der Waals surface area contributed by atoms with Gasteiger partial charge in [-0.2, -0.15) is 0 Å². The first kappa shape index (κ1) is 23.4. The smallest absolute Gasteiger partial charge is 0.333 e. The molecule has 0 aliphatic rings. The molecule has 34 heavy (non-hydrogen) atoms. The lowest BCUT2D eigenvalue weighted by Crippen LogP contribution is -2.43. The van der Waals surface area contributed by atoms with Crippen LogP contribution in [0.4, 0.5) is 10.1 Å². The Morgan fingerprint density at radius 3 is 2.62 bits per heavy atom. The lowest BCUT2D eigenvalue weighted by molar-refractivity contribution is -0.116. The predicted octanol–water partition coefficient (Wildman–Crippen LogP) is 2.49. The Morgan fingerprint density at radius 1 is 1.15 bits per heavy atom. The Balaban J connectivity index is 1.77. The van der Waals surface area contributed by atoms with Crippen molar-refractivity contribution in [2.24, 2.45) is 0 Å². The molecule has 11 heteroatoms. The first-order chi connectivity index (χ1) is 16.4. The Labute approximate surface area is 198 Å². The van der Waals surface area contributed by atoms with Crippen LogP contribution >= 0.6 is 11.6 Å². The van der Waals surface area contributed by atoms with Crippen molar-refractivity contribution in [1.29, 1.82) is 0 Å². The van der Waals surface area contributed by atoms with Gasteiger partial charge < -0.3 is 14.6 Å². The van der Waals surface area contributed by atoms with Crippen molar-refractivity contribution in [3.8, 4) is 0 Å². The van der Waals surface area contributed by atoms with E-state index in [9.17, 15) is 18.8 Å². The topological polar surface area (TPSA) is 100 Å². The molecular weight excluding hydrogens is 465 g/mol. The van der Waals surface area contributed by atoms with E-state index in [4.69, 9.17) is 16.3 Å². The monoisotopic (exact) mass is 485 g/mol. The fourth-order valence-electron chi connectivity index (χ4n) is 3.57. The number of rotatable bonds is 8. The van der Waals surface area contributed by atoms with Crippen LogP contribution in [0, 0.1) is 5.82 Å². The maximum absolute atomic E-state index is 13.3. The number of carbonyl (C=O) groups excluding carboxylic acids is 1. The Hall–Kier alpha value is -3.76. The molecule has 2 aromatic carbocycles. The maximum atomic E-state index is 13.3. The number of amides is 1. The van der Waals surface area contributed by atoms with Gasteiger partial charge in [0.25, 0.3) is 5.56 Å². The van der Waals surface area contributed by atoms with Gasteiger partial charge in [0.2, 0.25) is 5.91 Å². The largest absolute Gasteiger partial charge is 0.383 e. The normalized spacial score (nSPS) is 11.1. The number of aromatic nitrogens is 4. The number of carbonyl (C=O) groups is 1. The van der Waals surface area contributed by atoms with Crippen LogP contribution in [0.5, 0.6) is 0 Å². The maximum Gasteiger partial charge on any atom is 0.333 e. The first-order valence-corrected chi connectivity index (χ1v) is 10.7. The van der Waals surface area contributed by atoms with Gasteiger partial charge in [-0.25, -0.2) is 18.7 Å². The third kappa shape index (κ3) is 4.78. The van der Waals surface area contributed by atoms with E-state index in [1.54, 1.807) is 4.57 Å². The molecule has 0 saturated heterocycles.